The van der Waals surface area contributed by atoms with Gasteiger partial charge in [-0.25, -0.2) is 0 Å². The molecule has 5 heteroatoms. The summed E-state index contributed by atoms with van der Waals surface area (Å²) in [5, 5.41) is 10.6. The van der Waals surface area contributed by atoms with E-state index >= 15 is 0 Å². The third-order valence-electron chi connectivity index (χ3n) is 2.84. The third-order valence-corrected chi connectivity index (χ3v) is 3.14. The summed E-state index contributed by atoms with van der Waals surface area (Å²) in [5.74, 6) is -0.505. The molecule has 1 aromatic rings. The van der Waals surface area contributed by atoms with Crippen LogP contribution in [0.25, 0.3) is 0 Å². The van der Waals surface area contributed by atoms with Crippen molar-refractivity contribution in [3.05, 3.63) is 28.8 Å². The van der Waals surface area contributed by atoms with Crippen molar-refractivity contribution in [1.82, 2.24) is 0 Å². The van der Waals surface area contributed by atoms with Gasteiger partial charge in [-0.2, -0.15) is 0 Å². The normalized spacial score (nSPS) is 13.8. The highest BCUT2D eigenvalue weighted by molar-refractivity contribution is 6.32. The van der Waals surface area contributed by atoms with Gasteiger partial charge >= 0.3 is 5.97 Å². The van der Waals surface area contributed by atoms with Crippen LogP contribution in [0.4, 0.5) is 0 Å². The third kappa shape index (κ3) is 3.15. The van der Waals surface area contributed by atoms with Gasteiger partial charge in [0.05, 0.1) is 31.3 Å². The summed E-state index contributed by atoms with van der Waals surface area (Å²) in [5.41, 5.74) is 0.568. The SMILES string of the molecule is CCC(C(=O)OC)C(O)c1ccc(OC)c(Cl)c1. The van der Waals surface area contributed by atoms with Crippen LogP contribution in [0.5, 0.6) is 5.75 Å². The van der Waals surface area contributed by atoms with Gasteiger partial charge < -0.3 is 14.6 Å². The summed E-state index contributed by atoms with van der Waals surface area (Å²) >= 11 is 5.98. The van der Waals surface area contributed by atoms with Crippen molar-refractivity contribution in [2.75, 3.05) is 14.2 Å². The van der Waals surface area contributed by atoms with Gasteiger partial charge in [-0.05, 0) is 24.1 Å². The van der Waals surface area contributed by atoms with Gasteiger partial charge in [-0.3, -0.25) is 4.79 Å². The van der Waals surface area contributed by atoms with Gasteiger partial charge in [-0.15, -0.1) is 0 Å². The van der Waals surface area contributed by atoms with E-state index in [-0.39, 0.29) is 0 Å². The molecule has 0 fully saturated rings. The lowest BCUT2D eigenvalue weighted by atomic mass is 9.93. The fourth-order valence-electron chi connectivity index (χ4n) is 1.77. The zero-order chi connectivity index (χ0) is 13.7. The fraction of sp³-hybridized carbons (Fsp3) is 0.462. The van der Waals surface area contributed by atoms with Crippen molar-refractivity contribution >= 4 is 17.6 Å². The molecule has 100 valence electrons. The Bertz CT molecular complexity index is 419. The Kier molecular flexibility index (Phi) is 5.44. The molecular weight excluding hydrogens is 256 g/mol. The summed E-state index contributed by atoms with van der Waals surface area (Å²) < 4.78 is 9.69. The molecule has 4 nitrogen and oxygen atoms in total. The lowest BCUT2D eigenvalue weighted by Gasteiger charge is -2.20. The lowest BCUT2D eigenvalue weighted by Crippen LogP contribution is -2.23. The fourth-order valence-corrected chi connectivity index (χ4v) is 2.04. The molecule has 2 atom stereocenters. The van der Waals surface area contributed by atoms with E-state index < -0.39 is 18.0 Å². The first-order chi connectivity index (χ1) is 8.54. The zero-order valence-corrected chi connectivity index (χ0v) is 11.4. The molecule has 0 saturated heterocycles. The molecule has 0 saturated carbocycles. The van der Waals surface area contributed by atoms with Crippen LogP contribution < -0.4 is 4.74 Å². The highest BCUT2D eigenvalue weighted by Crippen LogP contribution is 2.31. The van der Waals surface area contributed by atoms with E-state index in [9.17, 15) is 9.90 Å². The Morgan fingerprint density at radius 3 is 2.56 bits per heavy atom. The number of halogens is 1. The highest BCUT2D eigenvalue weighted by atomic mass is 35.5. The molecule has 1 N–H and O–H groups in total. The molecule has 0 bridgehead atoms. The van der Waals surface area contributed by atoms with Crippen molar-refractivity contribution in [3.8, 4) is 5.75 Å². The lowest BCUT2D eigenvalue weighted by molar-refractivity contribution is -0.149. The topological polar surface area (TPSA) is 55.8 Å². The monoisotopic (exact) mass is 272 g/mol. The Hall–Kier alpha value is -1.26. The van der Waals surface area contributed by atoms with Crippen molar-refractivity contribution in [2.24, 2.45) is 5.92 Å². The first-order valence-corrected chi connectivity index (χ1v) is 6.02. The number of carbonyl (C=O) groups excluding carboxylic acids is 1. The number of rotatable bonds is 5. The quantitative estimate of drug-likeness (QED) is 0.837. The maximum atomic E-state index is 11.5. The van der Waals surface area contributed by atoms with Crippen LogP contribution in [0, 0.1) is 5.92 Å². The van der Waals surface area contributed by atoms with Crippen LogP contribution in [0.1, 0.15) is 25.0 Å². The number of esters is 1. The molecule has 0 heterocycles. The van der Waals surface area contributed by atoms with Crippen LogP contribution >= 0.6 is 11.6 Å². The predicted octanol–water partition coefficient (Wildman–Crippen LogP) is 2.58. The van der Waals surface area contributed by atoms with E-state index in [0.717, 1.165) is 0 Å². The minimum atomic E-state index is -0.939. The second-order valence-electron chi connectivity index (χ2n) is 3.88. The molecule has 0 amide bonds. The van der Waals surface area contributed by atoms with Crippen LogP contribution in [0.2, 0.25) is 5.02 Å². The minimum Gasteiger partial charge on any atom is -0.495 e. The van der Waals surface area contributed by atoms with Crippen molar-refractivity contribution < 1.29 is 19.4 Å². The van der Waals surface area contributed by atoms with Gasteiger partial charge in [0.15, 0.2) is 0 Å². The number of aliphatic hydroxyl groups is 1. The molecular formula is C13H17ClO4. The average molecular weight is 273 g/mol. The Morgan fingerprint density at radius 2 is 2.11 bits per heavy atom. The highest BCUT2D eigenvalue weighted by Gasteiger charge is 2.27. The van der Waals surface area contributed by atoms with Gasteiger partial charge in [0.2, 0.25) is 0 Å². The number of carbonyl (C=O) groups is 1. The number of hydrogen-bond acceptors (Lipinski definition) is 4. The van der Waals surface area contributed by atoms with Crippen LogP contribution in [-0.4, -0.2) is 25.3 Å². The number of benzene rings is 1. The maximum Gasteiger partial charge on any atom is 0.311 e. The van der Waals surface area contributed by atoms with Gasteiger partial charge in [-0.1, -0.05) is 24.6 Å². The van der Waals surface area contributed by atoms with Crippen LogP contribution in [0.15, 0.2) is 18.2 Å². The molecule has 1 aromatic carbocycles. The molecule has 18 heavy (non-hydrogen) atoms. The first kappa shape index (κ1) is 14.8. The molecule has 1 rings (SSSR count). The number of methoxy groups -OCH3 is 2. The predicted molar refractivity (Wildman–Crippen MR) is 68.8 cm³/mol. The molecule has 0 aliphatic rings. The molecule has 0 aliphatic carbocycles. The summed E-state index contributed by atoms with van der Waals surface area (Å²) in [4.78, 5) is 11.5. The zero-order valence-electron chi connectivity index (χ0n) is 10.6. The molecule has 0 aliphatic heterocycles. The molecule has 0 spiro atoms. The summed E-state index contributed by atoms with van der Waals surface area (Å²) in [6, 6.07) is 4.93. The van der Waals surface area contributed by atoms with Crippen molar-refractivity contribution in [1.29, 1.82) is 0 Å². The van der Waals surface area contributed by atoms with E-state index in [1.807, 2.05) is 6.92 Å². The van der Waals surface area contributed by atoms with Gasteiger partial charge in [0.25, 0.3) is 0 Å². The summed E-state index contributed by atoms with van der Waals surface area (Å²) in [6.45, 7) is 1.82. The van der Waals surface area contributed by atoms with E-state index in [2.05, 4.69) is 4.74 Å². The largest absolute Gasteiger partial charge is 0.495 e. The van der Waals surface area contributed by atoms with E-state index in [4.69, 9.17) is 16.3 Å². The van der Waals surface area contributed by atoms with Gasteiger partial charge in [0.1, 0.15) is 5.75 Å². The maximum absolute atomic E-state index is 11.5. The molecule has 0 aromatic heterocycles. The average Bonchev–Trinajstić information content (AvgIpc) is 2.38. The van der Waals surface area contributed by atoms with E-state index in [0.29, 0.717) is 22.8 Å². The number of aliphatic hydroxyl groups excluding tert-OH is 1. The summed E-state index contributed by atoms with van der Waals surface area (Å²) in [6.07, 6.45) is -0.455. The van der Waals surface area contributed by atoms with E-state index in [1.165, 1.54) is 14.2 Å². The Morgan fingerprint density at radius 1 is 1.44 bits per heavy atom. The second kappa shape index (κ2) is 6.61. The molecule has 0 radical (unpaired) electrons. The smallest absolute Gasteiger partial charge is 0.311 e. The van der Waals surface area contributed by atoms with Gasteiger partial charge in [0, 0.05) is 0 Å². The van der Waals surface area contributed by atoms with Crippen LogP contribution in [-0.2, 0) is 9.53 Å². The second-order valence-corrected chi connectivity index (χ2v) is 4.28. The Balaban J connectivity index is 2.98. The molecule has 2 unspecified atom stereocenters. The summed E-state index contributed by atoms with van der Waals surface area (Å²) in [7, 11) is 2.82. The number of hydrogen-bond donors (Lipinski definition) is 1. The van der Waals surface area contributed by atoms with E-state index in [1.54, 1.807) is 18.2 Å². The number of ether oxygens (including phenoxy) is 2. The van der Waals surface area contributed by atoms with Crippen LogP contribution in [0.3, 0.4) is 0 Å². The van der Waals surface area contributed by atoms with Crippen molar-refractivity contribution in [3.63, 3.8) is 0 Å². The standard InChI is InChI=1S/C13H17ClO4/c1-4-9(13(16)18-3)12(15)8-5-6-11(17-2)10(14)7-8/h5-7,9,12,15H,4H2,1-3H3. The first-order valence-electron chi connectivity index (χ1n) is 5.64. The minimum absolute atomic E-state index is 0.397. The van der Waals surface area contributed by atoms with Crippen molar-refractivity contribution in [2.45, 2.75) is 19.4 Å². The Labute approximate surface area is 111 Å².